The van der Waals surface area contributed by atoms with Crippen LogP contribution in [0.4, 0.5) is 23.7 Å². The van der Waals surface area contributed by atoms with E-state index in [1.165, 1.54) is 0 Å². The molecule has 1 aromatic rings. The van der Waals surface area contributed by atoms with Crippen LogP contribution in [0.25, 0.3) is 0 Å². The summed E-state index contributed by atoms with van der Waals surface area (Å²) in [6.45, 7) is 4.86. The minimum absolute atomic E-state index is 0.0388. The predicted octanol–water partition coefficient (Wildman–Crippen LogP) is 3.08. The Morgan fingerprint density at radius 2 is 1.40 bits per heavy atom. The maximum Gasteiger partial charge on any atom is 0.407 e. The van der Waals surface area contributed by atoms with Crippen molar-refractivity contribution in [2.75, 3.05) is 24.2 Å². The van der Waals surface area contributed by atoms with Gasteiger partial charge in [-0.15, -0.1) is 0 Å². The lowest BCUT2D eigenvalue weighted by Gasteiger charge is -2.25. The van der Waals surface area contributed by atoms with Crippen molar-refractivity contribution >= 4 is 37.5 Å². The fourth-order valence-electron chi connectivity index (χ4n) is 4.19. The van der Waals surface area contributed by atoms with Gasteiger partial charge in [0.05, 0.1) is 11.4 Å². The molecule has 1 aliphatic rings. The third kappa shape index (κ3) is 9.80. The lowest BCUT2D eigenvalue weighted by Crippen LogP contribution is -2.38. The van der Waals surface area contributed by atoms with Gasteiger partial charge in [0.2, 0.25) is 15.9 Å². The molecule has 11 nitrogen and oxygen atoms in total. The number of amides is 2. The zero-order chi connectivity index (χ0) is 30.3. The topological polar surface area (TPSA) is 174 Å². The van der Waals surface area contributed by atoms with Gasteiger partial charge in [-0.25, -0.2) is 39.9 Å². The number of carbonyl (C=O) groups is 2. The van der Waals surface area contributed by atoms with Gasteiger partial charge in [0.1, 0.15) is 10.5 Å². The molecular formula is C24H37F3N4O7S2. The van der Waals surface area contributed by atoms with Gasteiger partial charge in [0, 0.05) is 25.6 Å². The molecule has 0 aromatic heterocycles. The highest BCUT2D eigenvalue weighted by molar-refractivity contribution is 7.91. The molecule has 1 aliphatic carbocycles. The molecule has 5 N–H and O–H groups in total. The predicted molar refractivity (Wildman–Crippen MR) is 141 cm³/mol. The first-order valence-corrected chi connectivity index (χ1v) is 16.1. The average molecular weight is 615 g/mol. The summed E-state index contributed by atoms with van der Waals surface area (Å²) < 4.78 is 100. The maximum atomic E-state index is 15.4. The van der Waals surface area contributed by atoms with E-state index < -0.39 is 88.6 Å². The fourth-order valence-corrected chi connectivity index (χ4v) is 6.36. The summed E-state index contributed by atoms with van der Waals surface area (Å²) in [4.78, 5) is 20.6. The standard InChI is InChI=1S/C24H37F3N4O7S2/c1-24(2,3)38-23(33)30-13-12-29-16(32)11-14-39(34,35)22-18(26)17(25)21(40(28,36)37)19(27)20(22)31-15-9-7-5-4-6-8-10-15/h15,31H,4-14H2,1-3H3,(H,29,32)(H,30,33)(H2,28,36,37). The van der Waals surface area contributed by atoms with E-state index in [2.05, 4.69) is 16.0 Å². The van der Waals surface area contributed by atoms with Gasteiger partial charge in [-0.2, -0.15) is 0 Å². The number of hydrogen-bond donors (Lipinski definition) is 4. The maximum absolute atomic E-state index is 15.4. The number of benzene rings is 1. The summed E-state index contributed by atoms with van der Waals surface area (Å²) in [5.74, 6) is -8.06. The first-order valence-electron chi connectivity index (χ1n) is 12.9. The Balaban J connectivity index is 2.25. The minimum atomic E-state index is -5.11. The second-order valence-corrected chi connectivity index (χ2v) is 14.1. The van der Waals surface area contributed by atoms with Crippen molar-refractivity contribution in [1.29, 1.82) is 0 Å². The van der Waals surface area contributed by atoms with Gasteiger partial charge >= 0.3 is 6.09 Å². The number of primary sulfonamides is 1. The van der Waals surface area contributed by atoms with Gasteiger partial charge in [0.25, 0.3) is 0 Å². The van der Waals surface area contributed by atoms with Crippen molar-refractivity contribution in [2.24, 2.45) is 5.14 Å². The number of hydrogen-bond acceptors (Lipinski definition) is 8. The number of anilines is 1. The molecule has 0 unspecified atom stereocenters. The van der Waals surface area contributed by atoms with E-state index in [0.29, 0.717) is 25.7 Å². The van der Waals surface area contributed by atoms with Gasteiger partial charge < -0.3 is 20.7 Å². The number of sulfonamides is 1. The quantitative estimate of drug-likeness (QED) is 0.230. The first kappa shape index (κ1) is 33.6. The van der Waals surface area contributed by atoms with E-state index in [1.807, 2.05) is 0 Å². The van der Waals surface area contributed by atoms with Crippen molar-refractivity contribution in [3.8, 4) is 0 Å². The van der Waals surface area contributed by atoms with E-state index in [9.17, 15) is 30.8 Å². The lowest BCUT2D eigenvalue weighted by atomic mass is 9.96. The van der Waals surface area contributed by atoms with Crippen LogP contribution in [-0.2, 0) is 29.4 Å². The second-order valence-electron chi connectivity index (χ2n) is 10.6. The molecule has 2 amide bonds. The molecule has 1 fully saturated rings. The molecular weight excluding hydrogens is 577 g/mol. The molecule has 16 heteroatoms. The Morgan fingerprint density at radius 3 is 1.95 bits per heavy atom. The van der Waals surface area contributed by atoms with Crippen molar-refractivity contribution in [2.45, 2.75) is 93.6 Å². The van der Waals surface area contributed by atoms with Gasteiger partial charge in [-0.05, 0) is 33.6 Å². The Morgan fingerprint density at radius 1 is 0.875 bits per heavy atom. The summed E-state index contributed by atoms with van der Waals surface area (Å²) in [6.07, 6.45) is 3.62. The summed E-state index contributed by atoms with van der Waals surface area (Å²) >= 11 is 0. The van der Waals surface area contributed by atoms with E-state index in [-0.39, 0.29) is 13.1 Å². The van der Waals surface area contributed by atoms with Crippen LogP contribution in [0.2, 0.25) is 0 Å². The highest BCUT2D eigenvalue weighted by Crippen LogP contribution is 2.37. The summed E-state index contributed by atoms with van der Waals surface area (Å²) in [6, 6.07) is -0.539. The molecule has 0 radical (unpaired) electrons. The zero-order valence-electron chi connectivity index (χ0n) is 22.7. The van der Waals surface area contributed by atoms with Crippen LogP contribution < -0.4 is 21.1 Å². The van der Waals surface area contributed by atoms with Gasteiger partial charge in [0.15, 0.2) is 32.2 Å². The molecule has 0 saturated heterocycles. The largest absolute Gasteiger partial charge is 0.444 e. The molecule has 228 valence electrons. The Hall–Kier alpha value is -2.59. The molecule has 40 heavy (non-hydrogen) atoms. The van der Waals surface area contributed by atoms with E-state index in [4.69, 9.17) is 9.88 Å². The highest BCUT2D eigenvalue weighted by atomic mass is 32.2. The van der Waals surface area contributed by atoms with Gasteiger partial charge in [-0.1, -0.05) is 32.1 Å². The van der Waals surface area contributed by atoms with E-state index >= 15 is 8.78 Å². The van der Waals surface area contributed by atoms with Crippen molar-refractivity contribution in [3.05, 3.63) is 17.5 Å². The van der Waals surface area contributed by atoms with Crippen LogP contribution in [0.1, 0.15) is 72.1 Å². The number of nitrogens with two attached hydrogens (primary N) is 1. The number of ether oxygens (including phenoxy) is 1. The third-order valence-corrected chi connectivity index (χ3v) is 8.67. The summed E-state index contributed by atoms with van der Waals surface area (Å²) in [5.41, 5.74) is -1.76. The molecule has 2 rings (SSSR count). The van der Waals surface area contributed by atoms with Crippen molar-refractivity contribution in [1.82, 2.24) is 10.6 Å². The number of alkyl carbamates (subject to hydrolysis) is 1. The zero-order valence-corrected chi connectivity index (χ0v) is 24.4. The monoisotopic (exact) mass is 614 g/mol. The van der Waals surface area contributed by atoms with Crippen LogP contribution in [0.5, 0.6) is 0 Å². The van der Waals surface area contributed by atoms with Gasteiger partial charge in [-0.3, -0.25) is 4.79 Å². The Kier molecular flexibility index (Phi) is 11.6. The molecule has 0 spiro atoms. The summed E-state index contributed by atoms with van der Waals surface area (Å²) in [7, 11) is -9.97. The molecule has 0 bridgehead atoms. The summed E-state index contributed by atoms with van der Waals surface area (Å²) in [5, 5.41) is 12.2. The van der Waals surface area contributed by atoms with Crippen LogP contribution in [0, 0.1) is 17.5 Å². The number of rotatable bonds is 10. The number of nitrogens with one attached hydrogen (secondary N) is 3. The molecule has 0 atom stereocenters. The van der Waals surface area contributed by atoms with Crippen molar-refractivity contribution in [3.63, 3.8) is 0 Å². The molecule has 1 saturated carbocycles. The smallest absolute Gasteiger partial charge is 0.407 e. The lowest BCUT2D eigenvalue weighted by molar-refractivity contribution is -0.120. The first-order chi connectivity index (χ1) is 18.4. The SMILES string of the molecule is CC(C)(C)OC(=O)NCCNC(=O)CCS(=O)(=O)c1c(F)c(F)c(S(N)(=O)=O)c(F)c1NC1CCCCCCC1. The van der Waals surface area contributed by atoms with E-state index in [1.54, 1.807) is 20.8 Å². The Bertz CT molecular complexity index is 1290. The van der Waals surface area contributed by atoms with Crippen molar-refractivity contribution < 1.29 is 44.3 Å². The van der Waals surface area contributed by atoms with Crippen LogP contribution in [0.3, 0.4) is 0 Å². The van der Waals surface area contributed by atoms with E-state index in [0.717, 1.165) is 19.3 Å². The number of halogens is 3. The molecule has 0 aliphatic heterocycles. The molecule has 0 heterocycles. The molecule has 1 aromatic carbocycles. The van der Waals surface area contributed by atoms with Crippen LogP contribution in [0.15, 0.2) is 9.79 Å². The third-order valence-electron chi connectivity index (χ3n) is 6.00. The normalized spacial score (nSPS) is 15.6. The Labute approximate surface area is 232 Å². The average Bonchev–Trinajstić information content (AvgIpc) is 2.78. The van der Waals surface area contributed by atoms with Crippen LogP contribution in [-0.4, -0.2) is 59.3 Å². The minimum Gasteiger partial charge on any atom is -0.444 e. The second kappa shape index (κ2) is 13.9. The fraction of sp³-hybridized carbons (Fsp3) is 0.667. The number of sulfone groups is 1. The highest BCUT2D eigenvalue weighted by Gasteiger charge is 2.37. The number of carbonyl (C=O) groups excluding carboxylic acids is 2. The van der Waals surface area contributed by atoms with Crippen LogP contribution >= 0.6 is 0 Å².